The molecule has 0 aliphatic rings. The third-order valence-electron chi connectivity index (χ3n) is 0. The van der Waals surface area contributed by atoms with Crippen LogP contribution in [0.4, 0.5) is 0 Å². The first-order valence-electron chi connectivity index (χ1n) is 1.23. The second-order valence-electron chi connectivity index (χ2n) is 0.316. The number of aliphatic hydroxyl groups is 1. The van der Waals surface area contributed by atoms with E-state index in [0.717, 1.165) is 0 Å². The van der Waals surface area contributed by atoms with Crippen molar-refractivity contribution in [3.63, 3.8) is 0 Å². The van der Waals surface area contributed by atoms with Gasteiger partial charge in [0.05, 0.1) is 0 Å². The van der Waals surface area contributed by atoms with Gasteiger partial charge in [0, 0.05) is 6.61 Å². The van der Waals surface area contributed by atoms with Gasteiger partial charge in [0.25, 0.3) is 0 Å². The van der Waals surface area contributed by atoms with Gasteiger partial charge >= 0.3 is 11.3 Å². The van der Waals surface area contributed by atoms with E-state index in [4.69, 9.17) is 9.76 Å². The van der Waals surface area contributed by atoms with Crippen molar-refractivity contribution in [2.75, 3.05) is 6.61 Å². The zero-order valence-electron chi connectivity index (χ0n) is 3.06. The van der Waals surface area contributed by atoms with E-state index >= 15 is 0 Å². The monoisotopic (exact) mass is 74.0 g/mol. The first-order valence-corrected chi connectivity index (χ1v) is 1.23. The Bertz CT molecular complexity index is 16.1. The molecular weight excluding hydrogens is 68.0 g/mol. The molecule has 30 valence electrons. The van der Waals surface area contributed by atoms with Crippen molar-refractivity contribution in [3.8, 4) is 0 Å². The molecule has 0 fully saturated rings. The summed E-state index contributed by atoms with van der Waals surface area (Å²) < 4.78 is 7.50. The van der Waals surface area contributed by atoms with Crippen molar-refractivity contribution in [1.29, 1.82) is 0 Å². The van der Waals surface area contributed by atoms with Gasteiger partial charge < -0.3 is 5.11 Å². The predicted molar refractivity (Wildman–Crippen MR) is 16.7 cm³/mol. The van der Waals surface area contributed by atoms with Gasteiger partial charge in [0.1, 0.15) is 0 Å². The number of aliphatic hydroxyl groups excluding tert-OH is 1. The number of hydrogen-bond acceptors (Lipinski definition) is 1. The quantitative estimate of drug-likeness (QED) is 0.318. The molecule has 2 nitrogen and oxygen atoms in total. The van der Waals surface area contributed by atoms with Gasteiger partial charge in [0.15, 0.2) is 0 Å². The molecule has 2 heteroatoms. The van der Waals surface area contributed by atoms with Gasteiger partial charge in [0.2, 0.25) is 0 Å². The molecule has 0 atom stereocenters. The van der Waals surface area contributed by atoms with Crippen molar-refractivity contribution in [2.45, 2.75) is 6.92 Å². The van der Waals surface area contributed by atoms with Crippen molar-refractivity contribution in [2.24, 2.45) is 0 Å². The molecule has 0 saturated heterocycles. The van der Waals surface area contributed by atoms with Crippen LogP contribution in [-0.2, 0) is 4.65 Å². The minimum atomic E-state index is 0.250. The topological polar surface area (TPSA) is 40.1 Å². The molecule has 0 saturated carbocycles. The van der Waals surface area contributed by atoms with E-state index in [1.807, 2.05) is 0 Å². The van der Waals surface area contributed by atoms with E-state index in [9.17, 15) is 0 Å². The molecule has 0 aromatic rings. The molecule has 0 amide bonds. The van der Waals surface area contributed by atoms with Gasteiger partial charge in [-0.2, -0.15) is 0 Å². The van der Waals surface area contributed by atoms with Crippen LogP contribution < -0.4 is 0 Å². The van der Waals surface area contributed by atoms with E-state index in [-0.39, 0.29) is 6.61 Å². The summed E-state index contributed by atoms with van der Waals surface area (Å²) in [5, 5.41) is 7.57. The SMILES string of the molecule is CCO.[C-]#[O+]. The van der Waals surface area contributed by atoms with Gasteiger partial charge in [-0.1, -0.05) is 0 Å². The Hall–Kier alpha value is -0.300. The summed E-state index contributed by atoms with van der Waals surface area (Å²) >= 11 is 0. The Balaban J connectivity index is 0. The summed E-state index contributed by atoms with van der Waals surface area (Å²) in [6.45, 7) is 6.43. The van der Waals surface area contributed by atoms with E-state index in [1.54, 1.807) is 6.92 Å². The minimum absolute atomic E-state index is 0.250. The maximum absolute atomic E-state index is 7.57. The van der Waals surface area contributed by atoms with E-state index < -0.39 is 0 Å². The molecule has 0 aliphatic carbocycles. The Morgan fingerprint density at radius 1 is 1.80 bits per heavy atom. The van der Waals surface area contributed by atoms with Gasteiger partial charge in [-0.3, -0.25) is 0 Å². The summed E-state index contributed by atoms with van der Waals surface area (Å²) in [6, 6.07) is 0. The third-order valence-corrected chi connectivity index (χ3v) is 0. The van der Waals surface area contributed by atoms with E-state index in [1.165, 1.54) is 0 Å². The fourth-order valence-corrected chi connectivity index (χ4v) is 0. The molecule has 0 unspecified atom stereocenters. The number of rotatable bonds is 0. The van der Waals surface area contributed by atoms with E-state index in [0.29, 0.717) is 0 Å². The van der Waals surface area contributed by atoms with Crippen molar-refractivity contribution < 1.29 is 9.76 Å². The van der Waals surface area contributed by atoms with Crippen molar-refractivity contribution in [1.82, 2.24) is 0 Å². The molecule has 0 aromatic carbocycles. The molecule has 0 aliphatic heterocycles. The van der Waals surface area contributed by atoms with Crippen LogP contribution in [0.5, 0.6) is 0 Å². The van der Waals surface area contributed by atoms with Crippen LogP contribution in [-0.4, -0.2) is 11.7 Å². The van der Waals surface area contributed by atoms with Crippen LogP contribution in [0.3, 0.4) is 0 Å². The van der Waals surface area contributed by atoms with Crippen LogP contribution in [0.25, 0.3) is 0 Å². The Labute approximate surface area is 31.1 Å². The summed E-state index contributed by atoms with van der Waals surface area (Å²) in [5.74, 6) is 0. The fraction of sp³-hybridized carbons (Fsp3) is 0.667. The normalized spacial score (nSPS) is 4.00. The zero-order valence-corrected chi connectivity index (χ0v) is 3.06. The number of hydrogen-bond donors (Lipinski definition) is 1. The van der Waals surface area contributed by atoms with Crippen LogP contribution >= 0.6 is 0 Å². The molecule has 0 aromatic heterocycles. The third kappa shape index (κ3) is 119. The Morgan fingerprint density at radius 3 is 1.80 bits per heavy atom. The standard InChI is InChI=1S/C2H6O.CO/c1-2-3;1-2/h3H,2H2,1H3;. The first-order chi connectivity index (χ1) is 2.41. The fourth-order valence-electron chi connectivity index (χ4n) is 0. The zero-order chi connectivity index (χ0) is 4.71. The molecule has 1 N–H and O–H groups in total. The summed E-state index contributed by atoms with van der Waals surface area (Å²) in [7, 11) is 0. The van der Waals surface area contributed by atoms with Crippen molar-refractivity contribution >= 4 is 0 Å². The Kier molecular flexibility index (Phi) is 97.2. The summed E-state index contributed by atoms with van der Waals surface area (Å²) in [4.78, 5) is 0. The van der Waals surface area contributed by atoms with Gasteiger partial charge in [-0.15, -0.1) is 0 Å². The maximum atomic E-state index is 7.57. The predicted octanol–water partition coefficient (Wildman–Crippen LogP) is -0.0389. The van der Waals surface area contributed by atoms with Gasteiger partial charge in [-0.25, -0.2) is 0 Å². The molecule has 0 radical (unpaired) electrons. The van der Waals surface area contributed by atoms with Crippen LogP contribution in [0.1, 0.15) is 6.92 Å². The molecule has 5 heavy (non-hydrogen) atoms. The van der Waals surface area contributed by atoms with Crippen molar-refractivity contribution in [3.05, 3.63) is 6.65 Å². The molecule has 0 rings (SSSR count). The first kappa shape index (κ1) is 8.83. The average Bonchev–Trinajstić information content (AvgIpc) is 1.46. The Morgan fingerprint density at radius 2 is 1.80 bits per heavy atom. The molecule has 0 heterocycles. The van der Waals surface area contributed by atoms with E-state index in [2.05, 4.69) is 6.65 Å². The second-order valence-corrected chi connectivity index (χ2v) is 0.316. The van der Waals surface area contributed by atoms with Crippen LogP contribution in [0.2, 0.25) is 0 Å². The molecule has 0 spiro atoms. The molecule has 0 bridgehead atoms. The van der Waals surface area contributed by atoms with Crippen LogP contribution in [0, 0.1) is 6.65 Å². The second kappa shape index (κ2) is 55.0. The van der Waals surface area contributed by atoms with Crippen LogP contribution in [0.15, 0.2) is 0 Å². The average molecular weight is 74.1 g/mol. The summed E-state index contributed by atoms with van der Waals surface area (Å²) in [5.41, 5.74) is 0. The van der Waals surface area contributed by atoms with Gasteiger partial charge in [-0.05, 0) is 6.92 Å². The molecular formula is C3H6O2. The summed E-state index contributed by atoms with van der Waals surface area (Å²) in [6.07, 6.45) is 0.